The van der Waals surface area contributed by atoms with Gasteiger partial charge in [-0.25, -0.2) is 0 Å². The van der Waals surface area contributed by atoms with Crippen LogP contribution in [-0.2, 0) is 0 Å². The molecule has 2 aromatic rings. The second kappa shape index (κ2) is 15.4. The number of hydrogen-bond acceptors (Lipinski definition) is 2. The van der Waals surface area contributed by atoms with E-state index in [-0.39, 0.29) is 6.10 Å². The van der Waals surface area contributed by atoms with Gasteiger partial charge in [-0.1, -0.05) is 103 Å². The number of hydrogen-bond donors (Lipinski definition) is 2. The minimum Gasteiger partial charge on any atom is -0.508 e. The fraction of sp³-hybridized carbons (Fsp3) is 0.526. The van der Waals surface area contributed by atoms with Crippen molar-refractivity contribution in [1.29, 1.82) is 0 Å². The first-order chi connectivity index (χ1) is 19.4. The minimum absolute atomic E-state index is 0.104. The second-order valence-electron chi connectivity index (χ2n) is 12.8. The molecular weight excluding hydrogens is 488 g/mol. The van der Waals surface area contributed by atoms with E-state index < -0.39 is 0 Å². The van der Waals surface area contributed by atoms with Crippen LogP contribution in [0.2, 0.25) is 0 Å². The number of aliphatic hydroxyl groups is 1. The third-order valence-corrected chi connectivity index (χ3v) is 9.44. The molecule has 2 aliphatic rings. The summed E-state index contributed by atoms with van der Waals surface area (Å²) in [5, 5.41) is 19.7. The van der Waals surface area contributed by atoms with Crippen molar-refractivity contribution in [2.75, 3.05) is 0 Å². The molecule has 1 unspecified atom stereocenters. The average molecular weight is 541 g/mol. The van der Waals surface area contributed by atoms with Crippen LogP contribution in [0, 0.1) is 17.8 Å². The van der Waals surface area contributed by atoms with Gasteiger partial charge in [-0.15, -0.1) is 0 Å². The van der Waals surface area contributed by atoms with E-state index in [1.165, 1.54) is 61.7 Å². The molecule has 4 rings (SSSR count). The van der Waals surface area contributed by atoms with E-state index in [4.69, 9.17) is 0 Å². The summed E-state index contributed by atoms with van der Waals surface area (Å²) in [6.45, 7) is 7.00. The molecular formula is C38H52O2. The van der Waals surface area contributed by atoms with E-state index in [1.807, 2.05) is 12.1 Å². The van der Waals surface area contributed by atoms with E-state index in [2.05, 4.69) is 63.3 Å². The minimum atomic E-state index is -0.104. The maximum Gasteiger partial charge on any atom is 0.115 e. The normalized spacial score (nSPS) is 22.6. The Balaban J connectivity index is 1.62. The topological polar surface area (TPSA) is 40.5 Å². The zero-order valence-electron chi connectivity index (χ0n) is 25.2. The molecule has 1 atom stereocenters. The van der Waals surface area contributed by atoms with E-state index in [0.717, 1.165) is 50.0 Å². The summed E-state index contributed by atoms with van der Waals surface area (Å²) in [4.78, 5) is 0. The zero-order chi connectivity index (χ0) is 28.3. The van der Waals surface area contributed by atoms with Crippen molar-refractivity contribution in [3.8, 4) is 5.75 Å². The molecule has 2 aliphatic carbocycles. The lowest BCUT2D eigenvalue weighted by Crippen LogP contribution is -2.17. The van der Waals surface area contributed by atoms with Crippen molar-refractivity contribution in [1.82, 2.24) is 0 Å². The lowest BCUT2D eigenvalue weighted by atomic mass is 9.79. The van der Waals surface area contributed by atoms with E-state index in [9.17, 15) is 10.2 Å². The quantitative estimate of drug-likeness (QED) is 0.278. The molecule has 2 aromatic carbocycles. The Bertz CT molecular complexity index is 1120. The fourth-order valence-corrected chi connectivity index (χ4v) is 7.09. The molecule has 2 heteroatoms. The highest BCUT2D eigenvalue weighted by Crippen LogP contribution is 2.38. The molecule has 2 saturated carbocycles. The zero-order valence-corrected chi connectivity index (χ0v) is 25.2. The highest BCUT2D eigenvalue weighted by molar-refractivity contribution is 5.69. The summed E-state index contributed by atoms with van der Waals surface area (Å²) < 4.78 is 0. The van der Waals surface area contributed by atoms with Gasteiger partial charge in [0.2, 0.25) is 0 Å². The van der Waals surface area contributed by atoms with Crippen molar-refractivity contribution >= 4 is 11.6 Å². The van der Waals surface area contributed by atoms with E-state index in [0.29, 0.717) is 17.6 Å². The maximum atomic E-state index is 9.98. The molecule has 0 amide bonds. The molecule has 0 aliphatic heterocycles. The smallest absolute Gasteiger partial charge is 0.115 e. The van der Waals surface area contributed by atoms with Crippen molar-refractivity contribution < 1.29 is 10.2 Å². The Kier molecular flexibility index (Phi) is 11.7. The third kappa shape index (κ3) is 9.51. The summed E-state index contributed by atoms with van der Waals surface area (Å²) in [7, 11) is 0. The molecule has 2 N–H and O–H groups in total. The first-order valence-electron chi connectivity index (χ1n) is 15.9. The lowest BCUT2D eigenvalue weighted by molar-refractivity contribution is 0.117. The van der Waals surface area contributed by atoms with Crippen molar-refractivity contribution in [3.63, 3.8) is 0 Å². The Labute approximate surface area is 243 Å². The molecule has 40 heavy (non-hydrogen) atoms. The van der Waals surface area contributed by atoms with Gasteiger partial charge in [-0.05, 0) is 119 Å². The number of rotatable bonds is 11. The number of phenolic OH excluding ortho intramolecular Hbond substituents is 1. The Morgan fingerprint density at radius 2 is 1.45 bits per heavy atom. The Morgan fingerprint density at radius 1 is 0.800 bits per heavy atom. The van der Waals surface area contributed by atoms with Gasteiger partial charge in [-0.3, -0.25) is 0 Å². The molecule has 0 spiro atoms. The molecule has 0 bridgehead atoms. The van der Waals surface area contributed by atoms with Crippen LogP contribution >= 0.6 is 0 Å². The van der Waals surface area contributed by atoms with Crippen LogP contribution in [-0.4, -0.2) is 16.3 Å². The van der Waals surface area contributed by atoms with Crippen LogP contribution in [0.3, 0.4) is 0 Å². The van der Waals surface area contributed by atoms with E-state index in [1.54, 1.807) is 23.3 Å². The number of aliphatic hydroxyl groups excluding tert-OH is 1. The molecule has 2 nitrogen and oxygen atoms in total. The molecule has 0 radical (unpaired) electrons. The van der Waals surface area contributed by atoms with Gasteiger partial charge >= 0.3 is 0 Å². The van der Waals surface area contributed by atoms with Crippen LogP contribution in [0.15, 0.2) is 77.4 Å². The number of allylic oxidation sites excluding steroid dienone is 5. The SMILES string of the molecule is C/C(=C\c1ccc(O)cc1)CC(C/C(C)=C/C1CCC(O)CC1)/C(C)=C(\CCC1CCCCC1)c1ccccc1. The van der Waals surface area contributed by atoms with Gasteiger partial charge in [-0.2, -0.15) is 0 Å². The largest absolute Gasteiger partial charge is 0.508 e. The number of benzene rings is 2. The van der Waals surface area contributed by atoms with Gasteiger partial charge in [0.25, 0.3) is 0 Å². The summed E-state index contributed by atoms with van der Waals surface area (Å²) in [5.74, 6) is 2.23. The second-order valence-corrected chi connectivity index (χ2v) is 12.8. The lowest BCUT2D eigenvalue weighted by Gasteiger charge is -2.27. The Hall–Kier alpha value is -2.58. The Morgan fingerprint density at radius 3 is 2.12 bits per heavy atom. The first kappa shape index (κ1) is 30.4. The third-order valence-electron chi connectivity index (χ3n) is 9.44. The standard InChI is InChI=1S/C38H52O2/c1-28(24-32-14-19-36(39)20-15-32)26-35(27-29(2)25-33-16-21-37(40)22-17-33)30(3)38(34-12-8-5-9-13-34)23-18-31-10-6-4-7-11-31/h5,8-9,12-15,19-20,24-25,31,33,35,37,39-40H,4,6-7,10-11,16-18,21-23,26-27H2,1-3H3/b28-24+,29-25+,38-30+. The number of phenols is 1. The molecule has 2 fully saturated rings. The average Bonchev–Trinajstić information content (AvgIpc) is 2.96. The van der Waals surface area contributed by atoms with E-state index >= 15 is 0 Å². The maximum absolute atomic E-state index is 9.98. The summed E-state index contributed by atoms with van der Waals surface area (Å²) >= 11 is 0. The molecule has 0 aromatic heterocycles. The molecule has 0 saturated heterocycles. The van der Waals surface area contributed by atoms with Gasteiger partial charge in [0.1, 0.15) is 5.75 Å². The predicted octanol–water partition coefficient (Wildman–Crippen LogP) is 10.5. The van der Waals surface area contributed by atoms with Crippen LogP contribution in [0.25, 0.3) is 11.6 Å². The fourth-order valence-electron chi connectivity index (χ4n) is 7.09. The highest BCUT2D eigenvalue weighted by Gasteiger charge is 2.22. The first-order valence-corrected chi connectivity index (χ1v) is 15.9. The van der Waals surface area contributed by atoms with Crippen LogP contribution in [0.5, 0.6) is 5.75 Å². The monoisotopic (exact) mass is 540 g/mol. The van der Waals surface area contributed by atoms with Crippen molar-refractivity contribution in [2.24, 2.45) is 17.8 Å². The van der Waals surface area contributed by atoms with Crippen LogP contribution in [0.4, 0.5) is 0 Å². The van der Waals surface area contributed by atoms with Gasteiger partial charge in [0.05, 0.1) is 6.10 Å². The predicted molar refractivity (Wildman–Crippen MR) is 171 cm³/mol. The van der Waals surface area contributed by atoms with Crippen LogP contribution < -0.4 is 0 Å². The summed E-state index contributed by atoms with van der Waals surface area (Å²) in [6.07, 6.45) is 20.4. The molecule has 0 heterocycles. The summed E-state index contributed by atoms with van der Waals surface area (Å²) in [6, 6.07) is 18.7. The van der Waals surface area contributed by atoms with Crippen molar-refractivity contribution in [3.05, 3.63) is 88.5 Å². The molecule has 216 valence electrons. The van der Waals surface area contributed by atoms with Crippen molar-refractivity contribution in [2.45, 2.75) is 110 Å². The van der Waals surface area contributed by atoms with Gasteiger partial charge in [0.15, 0.2) is 0 Å². The van der Waals surface area contributed by atoms with Crippen LogP contribution in [0.1, 0.15) is 115 Å². The summed E-state index contributed by atoms with van der Waals surface area (Å²) in [5.41, 5.74) is 8.51. The number of aromatic hydroxyl groups is 1. The highest BCUT2D eigenvalue weighted by atomic mass is 16.3. The van der Waals surface area contributed by atoms with Gasteiger partial charge in [0, 0.05) is 0 Å². The van der Waals surface area contributed by atoms with Gasteiger partial charge < -0.3 is 10.2 Å².